The number of hydrogen-bond acceptors (Lipinski definition) is 3. The van der Waals surface area contributed by atoms with Crippen molar-refractivity contribution in [2.75, 3.05) is 5.32 Å². The van der Waals surface area contributed by atoms with Crippen molar-refractivity contribution in [3.8, 4) is 0 Å². The Morgan fingerprint density at radius 1 is 0.900 bits per heavy atom. The third-order valence-corrected chi connectivity index (χ3v) is 5.14. The van der Waals surface area contributed by atoms with E-state index in [1.165, 1.54) is 0 Å². The molecule has 0 saturated heterocycles. The second-order valence-corrected chi connectivity index (χ2v) is 7.62. The third kappa shape index (κ3) is 4.58. The van der Waals surface area contributed by atoms with Crippen molar-refractivity contribution >= 4 is 44.5 Å². The summed E-state index contributed by atoms with van der Waals surface area (Å²) >= 11 is 3.38. The maximum absolute atomic E-state index is 12.7. The predicted octanol–water partition coefficient (Wildman–Crippen LogP) is 4.37. The van der Waals surface area contributed by atoms with Crippen LogP contribution in [0.5, 0.6) is 0 Å². The fourth-order valence-electron chi connectivity index (χ4n) is 3.17. The molecule has 150 valence electrons. The molecular formula is C23H19BrN4O2. The van der Waals surface area contributed by atoms with Crippen LogP contribution < -0.4 is 10.6 Å². The van der Waals surface area contributed by atoms with E-state index in [9.17, 15) is 9.59 Å². The number of aromatic nitrogens is 2. The first-order valence-electron chi connectivity index (χ1n) is 9.43. The van der Waals surface area contributed by atoms with Crippen molar-refractivity contribution in [1.29, 1.82) is 0 Å². The summed E-state index contributed by atoms with van der Waals surface area (Å²) in [7, 11) is 0. The Kier molecular flexibility index (Phi) is 5.90. The largest absolute Gasteiger partial charge is 0.345 e. The summed E-state index contributed by atoms with van der Waals surface area (Å²) in [5, 5.41) is 5.78. The Morgan fingerprint density at radius 3 is 2.37 bits per heavy atom. The van der Waals surface area contributed by atoms with E-state index in [0.717, 1.165) is 15.5 Å². The quantitative estimate of drug-likeness (QED) is 0.446. The lowest BCUT2D eigenvalue weighted by Crippen LogP contribution is -2.26. The van der Waals surface area contributed by atoms with Crippen LogP contribution >= 0.6 is 15.9 Å². The van der Waals surface area contributed by atoms with Gasteiger partial charge in [0.2, 0.25) is 5.91 Å². The first-order chi connectivity index (χ1) is 14.6. The number of fused-ring (bicyclic) bond motifs is 1. The minimum Gasteiger partial charge on any atom is -0.345 e. The number of carbonyl (C=O) groups is 2. The van der Waals surface area contributed by atoms with Crippen LogP contribution in [0.15, 0.2) is 83.3 Å². The molecule has 0 bridgehead atoms. The van der Waals surface area contributed by atoms with Crippen molar-refractivity contribution < 1.29 is 9.59 Å². The zero-order valence-electron chi connectivity index (χ0n) is 16.0. The Balaban J connectivity index is 1.53. The highest BCUT2D eigenvalue weighted by Crippen LogP contribution is 2.18. The van der Waals surface area contributed by atoms with E-state index in [1.807, 2.05) is 71.3 Å². The van der Waals surface area contributed by atoms with Crippen LogP contribution in [-0.2, 0) is 17.9 Å². The fourth-order valence-corrected chi connectivity index (χ4v) is 3.43. The minimum atomic E-state index is -0.187. The summed E-state index contributed by atoms with van der Waals surface area (Å²) < 4.78 is 2.77. The number of hydrogen-bond donors (Lipinski definition) is 2. The first kappa shape index (κ1) is 19.8. The average molecular weight is 463 g/mol. The Labute approximate surface area is 182 Å². The maximum Gasteiger partial charge on any atom is 0.251 e. The van der Waals surface area contributed by atoms with Gasteiger partial charge in [0.05, 0.1) is 17.6 Å². The molecule has 0 saturated carbocycles. The van der Waals surface area contributed by atoms with Crippen LogP contribution in [0.4, 0.5) is 5.69 Å². The van der Waals surface area contributed by atoms with Gasteiger partial charge >= 0.3 is 0 Å². The predicted molar refractivity (Wildman–Crippen MR) is 120 cm³/mol. The molecule has 0 aliphatic carbocycles. The van der Waals surface area contributed by atoms with Crippen LogP contribution in [0.3, 0.4) is 0 Å². The molecule has 2 amide bonds. The Bertz CT molecular complexity index is 1190. The number of benzene rings is 3. The van der Waals surface area contributed by atoms with Gasteiger partial charge in [-0.3, -0.25) is 9.59 Å². The van der Waals surface area contributed by atoms with Crippen molar-refractivity contribution in [3.05, 3.63) is 94.7 Å². The van der Waals surface area contributed by atoms with E-state index in [2.05, 4.69) is 31.5 Å². The minimum absolute atomic E-state index is 0.0904. The van der Waals surface area contributed by atoms with Gasteiger partial charge in [0.15, 0.2) is 0 Å². The molecule has 1 heterocycles. The molecule has 1 aromatic heterocycles. The van der Waals surface area contributed by atoms with E-state index < -0.39 is 0 Å². The Hall–Kier alpha value is -3.45. The summed E-state index contributed by atoms with van der Waals surface area (Å²) in [5.41, 5.74) is 2.91. The molecule has 0 aliphatic heterocycles. The number of para-hydroxylation sites is 2. The van der Waals surface area contributed by atoms with E-state index in [0.29, 0.717) is 17.1 Å². The lowest BCUT2D eigenvalue weighted by molar-refractivity contribution is -0.116. The van der Waals surface area contributed by atoms with Gasteiger partial charge in [-0.1, -0.05) is 46.3 Å². The van der Waals surface area contributed by atoms with Crippen LogP contribution in [0.1, 0.15) is 16.2 Å². The van der Waals surface area contributed by atoms with Crippen molar-refractivity contribution in [2.24, 2.45) is 0 Å². The number of anilines is 1. The molecule has 0 aliphatic rings. The first-order valence-corrected chi connectivity index (χ1v) is 10.2. The standard InChI is InChI=1S/C23H19BrN4O2/c24-17-10-12-18(13-11-17)26-22(29)15-28-20-9-5-4-8-19(20)27-21(28)14-25-23(30)16-6-2-1-3-7-16/h1-13H,14-15H2,(H,25,30)(H,26,29). The molecular weight excluding hydrogens is 444 g/mol. The van der Waals surface area contributed by atoms with Crippen molar-refractivity contribution in [1.82, 2.24) is 14.9 Å². The maximum atomic E-state index is 12.7. The molecule has 4 aromatic rings. The molecule has 30 heavy (non-hydrogen) atoms. The van der Waals surface area contributed by atoms with Crippen molar-refractivity contribution in [2.45, 2.75) is 13.1 Å². The Morgan fingerprint density at radius 2 is 1.60 bits per heavy atom. The van der Waals surface area contributed by atoms with Crippen molar-refractivity contribution in [3.63, 3.8) is 0 Å². The molecule has 6 nitrogen and oxygen atoms in total. The summed E-state index contributed by atoms with van der Waals surface area (Å²) in [6.45, 7) is 0.307. The lowest BCUT2D eigenvalue weighted by Gasteiger charge is -2.11. The number of halogens is 1. The molecule has 4 rings (SSSR count). The monoisotopic (exact) mass is 462 g/mol. The van der Waals surface area contributed by atoms with Crippen LogP contribution in [0, 0.1) is 0 Å². The van der Waals surface area contributed by atoms with E-state index >= 15 is 0 Å². The third-order valence-electron chi connectivity index (χ3n) is 4.61. The number of carbonyl (C=O) groups excluding carboxylic acids is 2. The SMILES string of the molecule is O=C(Cn1c(CNC(=O)c2ccccc2)nc2ccccc21)Nc1ccc(Br)cc1. The number of nitrogens with zero attached hydrogens (tertiary/aromatic N) is 2. The summed E-state index contributed by atoms with van der Waals surface area (Å²) in [5.74, 6) is 0.260. The highest BCUT2D eigenvalue weighted by molar-refractivity contribution is 9.10. The summed E-state index contributed by atoms with van der Waals surface area (Å²) in [6, 6.07) is 24.0. The van der Waals surface area contributed by atoms with Crippen LogP contribution in [0.25, 0.3) is 11.0 Å². The number of amides is 2. The van der Waals surface area contributed by atoms with E-state index in [-0.39, 0.29) is 24.9 Å². The lowest BCUT2D eigenvalue weighted by atomic mass is 10.2. The van der Waals surface area contributed by atoms with Gasteiger partial charge in [-0.2, -0.15) is 0 Å². The van der Waals surface area contributed by atoms with Gasteiger partial charge in [-0.25, -0.2) is 4.98 Å². The summed E-state index contributed by atoms with van der Waals surface area (Å²) in [6.07, 6.45) is 0. The molecule has 2 N–H and O–H groups in total. The number of nitrogens with one attached hydrogen (secondary N) is 2. The van der Waals surface area contributed by atoms with Crippen LogP contribution in [-0.4, -0.2) is 21.4 Å². The highest BCUT2D eigenvalue weighted by atomic mass is 79.9. The van der Waals surface area contributed by atoms with E-state index in [4.69, 9.17) is 0 Å². The second kappa shape index (κ2) is 8.92. The fraction of sp³-hybridized carbons (Fsp3) is 0.0870. The average Bonchev–Trinajstić information content (AvgIpc) is 3.11. The zero-order chi connectivity index (χ0) is 20.9. The molecule has 0 spiro atoms. The molecule has 0 radical (unpaired) electrons. The second-order valence-electron chi connectivity index (χ2n) is 6.71. The van der Waals surface area contributed by atoms with Gasteiger partial charge in [-0.05, 0) is 48.5 Å². The zero-order valence-corrected chi connectivity index (χ0v) is 17.6. The van der Waals surface area contributed by atoms with E-state index in [1.54, 1.807) is 12.1 Å². The molecule has 3 aromatic carbocycles. The number of imidazole rings is 1. The number of rotatable bonds is 6. The van der Waals surface area contributed by atoms with Gasteiger partial charge in [0.25, 0.3) is 5.91 Å². The van der Waals surface area contributed by atoms with Crippen LogP contribution in [0.2, 0.25) is 0 Å². The molecule has 0 fully saturated rings. The van der Waals surface area contributed by atoms with Gasteiger partial charge in [0, 0.05) is 15.7 Å². The normalized spacial score (nSPS) is 10.7. The highest BCUT2D eigenvalue weighted by Gasteiger charge is 2.15. The molecule has 0 atom stereocenters. The molecule has 7 heteroatoms. The van der Waals surface area contributed by atoms with Gasteiger partial charge < -0.3 is 15.2 Å². The van der Waals surface area contributed by atoms with Gasteiger partial charge in [0.1, 0.15) is 12.4 Å². The van der Waals surface area contributed by atoms with Gasteiger partial charge in [-0.15, -0.1) is 0 Å². The smallest absolute Gasteiger partial charge is 0.251 e. The summed E-state index contributed by atoms with van der Waals surface area (Å²) in [4.78, 5) is 29.7. The topological polar surface area (TPSA) is 76.0 Å². The molecule has 0 unspecified atom stereocenters.